The Kier molecular flexibility index (Phi) is 5.33. The van der Waals surface area contributed by atoms with E-state index in [1.165, 1.54) is 18.6 Å². The quantitative estimate of drug-likeness (QED) is 0.873. The van der Waals surface area contributed by atoms with Crippen molar-refractivity contribution >= 4 is 5.91 Å². The molecule has 1 aliphatic rings. The summed E-state index contributed by atoms with van der Waals surface area (Å²) in [7, 11) is 0. The third kappa shape index (κ3) is 4.63. The van der Waals surface area contributed by atoms with Crippen LogP contribution in [0.25, 0.3) is 0 Å². The normalized spacial score (nSPS) is 19.7. The van der Waals surface area contributed by atoms with Gasteiger partial charge in [-0.05, 0) is 43.5 Å². The van der Waals surface area contributed by atoms with Gasteiger partial charge < -0.3 is 10.6 Å². The molecule has 1 aromatic rings. The topological polar surface area (TPSA) is 41.1 Å². The zero-order valence-corrected chi connectivity index (χ0v) is 11.1. The number of nitrogens with one attached hydrogen (secondary N) is 2. The van der Waals surface area contributed by atoms with Crippen LogP contribution in [-0.2, 0) is 11.2 Å². The lowest BCUT2D eigenvalue weighted by atomic mass is 10.1. The first-order valence-electron chi connectivity index (χ1n) is 7.01. The third-order valence-electron chi connectivity index (χ3n) is 3.48. The molecule has 0 aliphatic carbocycles. The van der Waals surface area contributed by atoms with Gasteiger partial charge >= 0.3 is 0 Å². The average Bonchev–Trinajstić information content (AvgIpc) is 2.67. The molecule has 2 rings (SSSR count). The Balaban J connectivity index is 1.74. The third-order valence-corrected chi connectivity index (χ3v) is 3.48. The zero-order valence-electron chi connectivity index (χ0n) is 11.1. The molecule has 0 bridgehead atoms. The van der Waals surface area contributed by atoms with Crippen LogP contribution < -0.4 is 10.6 Å². The molecule has 1 fully saturated rings. The molecule has 0 aromatic heterocycles. The fraction of sp³-hybridized carbons (Fsp3) is 0.533. The Morgan fingerprint density at radius 2 is 2.26 bits per heavy atom. The molecule has 104 valence electrons. The number of carbonyl (C=O) groups is 1. The first-order valence-corrected chi connectivity index (χ1v) is 7.01. The first-order chi connectivity index (χ1) is 9.25. The van der Waals surface area contributed by atoms with Crippen molar-refractivity contribution in [2.24, 2.45) is 0 Å². The van der Waals surface area contributed by atoms with Crippen LogP contribution in [0.1, 0.15) is 31.2 Å². The zero-order chi connectivity index (χ0) is 13.5. The van der Waals surface area contributed by atoms with Gasteiger partial charge in [-0.3, -0.25) is 4.79 Å². The summed E-state index contributed by atoms with van der Waals surface area (Å²) in [4.78, 5) is 12.0. The van der Waals surface area contributed by atoms with E-state index >= 15 is 0 Å². The summed E-state index contributed by atoms with van der Waals surface area (Å²) < 4.78 is 13.0. The van der Waals surface area contributed by atoms with Crippen LogP contribution in [0.4, 0.5) is 4.39 Å². The van der Waals surface area contributed by atoms with Gasteiger partial charge in [-0.2, -0.15) is 0 Å². The van der Waals surface area contributed by atoms with Gasteiger partial charge in [-0.25, -0.2) is 4.39 Å². The Morgan fingerprint density at radius 3 is 3.11 bits per heavy atom. The predicted molar refractivity (Wildman–Crippen MR) is 73.4 cm³/mol. The molecule has 3 nitrogen and oxygen atoms in total. The lowest BCUT2D eigenvalue weighted by molar-refractivity contribution is -0.123. The Labute approximate surface area is 113 Å². The van der Waals surface area contributed by atoms with Crippen molar-refractivity contribution < 1.29 is 9.18 Å². The van der Waals surface area contributed by atoms with Gasteiger partial charge in [0.25, 0.3) is 0 Å². The van der Waals surface area contributed by atoms with Crippen LogP contribution in [0, 0.1) is 5.82 Å². The van der Waals surface area contributed by atoms with Crippen LogP contribution in [0.2, 0.25) is 0 Å². The molecule has 4 heteroatoms. The fourth-order valence-corrected chi connectivity index (χ4v) is 2.40. The summed E-state index contributed by atoms with van der Waals surface area (Å²) >= 11 is 0. The molecule has 1 saturated heterocycles. The number of rotatable bonds is 4. The number of amides is 1. The first kappa shape index (κ1) is 14.0. The van der Waals surface area contributed by atoms with Gasteiger partial charge in [0.1, 0.15) is 5.82 Å². The van der Waals surface area contributed by atoms with Gasteiger partial charge in [0.05, 0.1) is 6.04 Å². The molecule has 0 radical (unpaired) electrons. The molecule has 1 aromatic carbocycles. The number of benzene rings is 1. The summed E-state index contributed by atoms with van der Waals surface area (Å²) in [5, 5.41) is 6.19. The molecule has 2 N–H and O–H groups in total. The molecular formula is C15H21FN2O. The maximum Gasteiger partial charge on any atom is 0.237 e. The van der Waals surface area contributed by atoms with E-state index in [1.807, 2.05) is 6.07 Å². The largest absolute Gasteiger partial charge is 0.354 e. The van der Waals surface area contributed by atoms with E-state index < -0.39 is 0 Å². The SMILES string of the molecule is O=C(NCCc1cccc(F)c1)C1CCCCCN1. The van der Waals surface area contributed by atoms with E-state index in [2.05, 4.69) is 10.6 Å². The van der Waals surface area contributed by atoms with Gasteiger partial charge in [-0.1, -0.05) is 25.0 Å². The van der Waals surface area contributed by atoms with Crippen molar-refractivity contribution in [3.8, 4) is 0 Å². The van der Waals surface area contributed by atoms with Gasteiger partial charge in [-0.15, -0.1) is 0 Å². The van der Waals surface area contributed by atoms with Crippen molar-refractivity contribution in [3.05, 3.63) is 35.6 Å². The second kappa shape index (κ2) is 7.24. The molecule has 1 heterocycles. The van der Waals surface area contributed by atoms with Gasteiger partial charge in [0.15, 0.2) is 0 Å². The minimum Gasteiger partial charge on any atom is -0.354 e. The van der Waals surface area contributed by atoms with Gasteiger partial charge in [0.2, 0.25) is 5.91 Å². The minimum atomic E-state index is -0.228. The smallest absolute Gasteiger partial charge is 0.237 e. The monoisotopic (exact) mass is 264 g/mol. The Morgan fingerprint density at radius 1 is 1.37 bits per heavy atom. The molecule has 0 saturated carbocycles. The van der Waals surface area contributed by atoms with Crippen molar-refractivity contribution in [1.29, 1.82) is 0 Å². The summed E-state index contributed by atoms with van der Waals surface area (Å²) in [6, 6.07) is 6.45. The van der Waals surface area contributed by atoms with Crippen LogP contribution >= 0.6 is 0 Å². The highest BCUT2D eigenvalue weighted by Crippen LogP contribution is 2.08. The number of carbonyl (C=O) groups excluding carboxylic acids is 1. The molecular weight excluding hydrogens is 243 g/mol. The highest BCUT2D eigenvalue weighted by molar-refractivity contribution is 5.81. The van der Waals surface area contributed by atoms with E-state index in [-0.39, 0.29) is 17.8 Å². The van der Waals surface area contributed by atoms with Crippen LogP contribution in [0.3, 0.4) is 0 Å². The van der Waals surface area contributed by atoms with E-state index in [4.69, 9.17) is 0 Å². The molecule has 1 aliphatic heterocycles. The van der Waals surface area contributed by atoms with Crippen molar-refractivity contribution in [2.45, 2.75) is 38.1 Å². The molecule has 0 spiro atoms. The van der Waals surface area contributed by atoms with E-state index in [1.54, 1.807) is 6.07 Å². The van der Waals surface area contributed by atoms with Crippen molar-refractivity contribution in [1.82, 2.24) is 10.6 Å². The highest BCUT2D eigenvalue weighted by atomic mass is 19.1. The van der Waals surface area contributed by atoms with E-state index in [0.29, 0.717) is 13.0 Å². The maximum atomic E-state index is 13.0. The van der Waals surface area contributed by atoms with E-state index in [0.717, 1.165) is 31.4 Å². The second-order valence-corrected chi connectivity index (χ2v) is 5.03. The lowest BCUT2D eigenvalue weighted by Crippen LogP contribution is -2.44. The number of halogens is 1. The fourth-order valence-electron chi connectivity index (χ4n) is 2.40. The molecule has 19 heavy (non-hydrogen) atoms. The molecule has 1 unspecified atom stereocenters. The van der Waals surface area contributed by atoms with Crippen LogP contribution in [0.5, 0.6) is 0 Å². The lowest BCUT2D eigenvalue weighted by Gasteiger charge is -2.15. The summed E-state index contributed by atoms with van der Waals surface area (Å²) in [6.07, 6.45) is 5.02. The Bertz CT molecular complexity index is 414. The summed E-state index contributed by atoms with van der Waals surface area (Å²) in [5.41, 5.74) is 0.911. The van der Waals surface area contributed by atoms with Crippen LogP contribution in [0.15, 0.2) is 24.3 Å². The van der Waals surface area contributed by atoms with Crippen molar-refractivity contribution in [2.75, 3.05) is 13.1 Å². The highest BCUT2D eigenvalue weighted by Gasteiger charge is 2.18. The predicted octanol–water partition coefficient (Wildman–Crippen LogP) is 2.02. The summed E-state index contributed by atoms with van der Waals surface area (Å²) in [6.45, 7) is 1.47. The standard InChI is InChI=1S/C15H21FN2O/c16-13-6-4-5-12(11-13)8-10-18-15(19)14-7-2-1-3-9-17-14/h4-6,11,14,17H,1-3,7-10H2,(H,18,19). The van der Waals surface area contributed by atoms with Crippen molar-refractivity contribution in [3.63, 3.8) is 0 Å². The van der Waals surface area contributed by atoms with Crippen LogP contribution in [-0.4, -0.2) is 25.0 Å². The molecule has 1 amide bonds. The van der Waals surface area contributed by atoms with Gasteiger partial charge in [0, 0.05) is 6.54 Å². The minimum absolute atomic E-state index is 0.0602. The second-order valence-electron chi connectivity index (χ2n) is 5.03. The number of hydrogen-bond acceptors (Lipinski definition) is 2. The average molecular weight is 264 g/mol. The summed E-state index contributed by atoms with van der Waals surface area (Å²) in [5.74, 6) is -0.160. The molecule has 1 atom stereocenters. The Hall–Kier alpha value is -1.42. The number of hydrogen-bond donors (Lipinski definition) is 2. The van der Waals surface area contributed by atoms with E-state index in [9.17, 15) is 9.18 Å². The maximum absolute atomic E-state index is 13.0.